The van der Waals surface area contributed by atoms with Gasteiger partial charge < -0.3 is 25.5 Å². The molecule has 4 atom stereocenters. The van der Waals surface area contributed by atoms with Crippen LogP contribution in [0.5, 0.6) is 5.75 Å². The molecule has 0 radical (unpaired) electrons. The lowest BCUT2D eigenvalue weighted by Gasteiger charge is -2.34. The van der Waals surface area contributed by atoms with Gasteiger partial charge in [0.05, 0.1) is 22.3 Å². The SMILES string of the molecule is CC(C)(C)c1cc(C(C)(C)C)c2c(c1F)COP(=O)(OC[C@H]1O[C@@H](n3cc([125I])c(=O)[nH]c3=O)C[C@@H]1OC(=O)CCCCCN=C(N)N)O2. The first-order valence-electron chi connectivity index (χ1n) is 15.7. The van der Waals surface area contributed by atoms with Crippen LogP contribution in [0.4, 0.5) is 4.39 Å². The number of aromatic nitrogens is 2. The zero-order chi connectivity index (χ0) is 35.6. The highest BCUT2D eigenvalue weighted by Crippen LogP contribution is 2.58. The largest absolute Gasteiger partial charge is 0.530 e. The van der Waals surface area contributed by atoms with Crippen LogP contribution in [0.2, 0.25) is 0 Å². The van der Waals surface area contributed by atoms with Crippen LogP contribution in [0, 0.1) is 9.39 Å². The topological polar surface area (TPSA) is 200 Å². The number of nitrogens with one attached hydrogen (secondary N) is 1. The van der Waals surface area contributed by atoms with E-state index in [0.717, 1.165) is 0 Å². The highest BCUT2D eigenvalue weighted by Gasteiger charge is 2.45. The Balaban J connectivity index is 1.53. The van der Waals surface area contributed by atoms with Crippen molar-refractivity contribution in [3.8, 4) is 5.75 Å². The molecule has 266 valence electrons. The number of phosphoric ester groups is 1. The van der Waals surface area contributed by atoms with E-state index < -0.39 is 66.7 Å². The minimum Gasteiger partial charge on any atom is -0.459 e. The average molecular weight is 806 g/mol. The molecule has 2 aromatic rings. The Kier molecular flexibility index (Phi) is 11.9. The summed E-state index contributed by atoms with van der Waals surface area (Å²) in [5.74, 6) is -0.903. The number of fused-ring (bicyclic) bond motifs is 1. The smallest absolute Gasteiger partial charge is 0.459 e. The van der Waals surface area contributed by atoms with Crippen LogP contribution in [0.3, 0.4) is 0 Å². The predicted molar refractivity (Wildman–Crippen MR) is 184 cm³/mol. The quantitative estimate of drug-likeness (QED) is 0.0714. The molecule has 0 saturated carbocycles. The number of hydrogen-bond acceptors (Lipinski definition) is 10. The molecule has 14 nitrogen and oxygen atoms in total. The van der Waals surface area contributed by atoms with Crippen molar-refractivity contribution >= 4 is 42.3 Å². The summed E-state index contributed by atoms with van der Waals surface area (Å²) >= 11 is 1.79. The second-order valence-electron chi connectivity index (χ2n) is 13.9. The lowest BCUT2D eigenvalue weighted by Crippen LogP contribution is -2.33. The molecule has 0 aliphatic carbocycles. The summed E-state index contributed by atoms with van der Waals surface area (Å²) in [5, 5.41) is 0. The van der Waals surface area contributed by atoms with Crippen LogP contribution < -0.4 is 27.2 Å². The Morgan fingerprint density at radius 1 is 1.15 bits per heavy atom. The molecule has 4 rings (SSSR count). The van der Waals surface area contributed by atoms with Crippen LogP contribution in [0.1, 0.15) is 96.6 Å². The molecule has 3 heterocycles. The minimum atomic E-state index is -4.32. The van der Waals surface area contributed by atoms with Crippen molar-refractivity contribution in [2.75, 3.05) is 13.2 Å². The number of aliphatic imine (C=N–C) groups is 1. The molecule has 0 amide bonds. The van der Waals surface area contributed by atoms with E-state index in [-0.39, 0.29) is 40.3 Å². The molecule has 17 heteroatoms. The van der Waals surface area contributed by atoms with Crippen molar-refractivity contribution in [3.05, 3.63) is 59.2 Å². The van der Waals surface area contributed by atoms with Gasteiger partial charge in [-0.15, -0.1) is 0 Å². The van der Waals surface area contributed by atoms with Crippen LogP contribution in [0.15, 0.2) is 26.8 Å². The number of guanidine groups is 1. The van der Waals surface area contributed by atoms with E-state index in [2.05, 4.69) is 9.98 Å². The molecular formula is C31H44FIN5O9P. The minimum absolute atomic E-state index is 0.00164. The Labute approximate surface area is 291 Å². The summed E-state index contributed by atoms with van der Waals surface area (Å²) in [6.45, 7) is 11.2. The number of ether oxygens (including phenoxy) is 2. The van der Waals surface area contributed by atoms with Gasteiger partial charge >= 0.3 is 19.5 Å². The van der Waals surface area contributed by atoms with Crippen molar-refractivity contribution < 1.29 is 36.8 Å². The second kappa shape index (κ2) is 15.0. The number of halogens is 2. The maximum atomic E-state index is 15.7. The molecule has 2 aliphatic rings. The lowest BCUT2D eigenvalue weighted by molar-refractivity contribution is -0.153. The fourth-order valence-electron chi connectivity index (χ4n) is 5.36. The van der Waals surface area contributed by atoms with Gasteiger partial charge in [-0.3, -0.25) is 33.2 Å². The molecule has 1 unspecified atom stereocenters. The standard InChI is InChI=1S/C31H44FIN5O9P/c1-30(2,3)18-12-19(31(4,5)6)26-17(25(18)32)15-43-48(42,47-26)44-16-22-21(46-24(39)10-8-7-9-11-36-28(34)35)13-23(45-22)38-14-20(33)27(40)37-29(38)41/h12,14,21-23H,7-11,13,15-16H2,1-6H3,(H4,34,35,36)(H,37,40,41)/t21-,22+,23+,48?/m0/s1/i33-2. The molecular weight excluding hydrogens is 761 g/mol. The third-order valence-electron chi connectivity index (χ3n) is 7.92. The van der Waals surface area contributed by atoms with E-state index in [1.807, 2.05) is 41.5 Å². The van der Waals surface area contributed by atoms with Crippen LogP contribution in [0.25, 0.3) is 0 Å². The number of H-pyrrole nitrogens is 1. The van der Waals surface area contributed by atoms with Gasteiger partial charge in [0.1, 0.15) is 30.0 Å². The van der Waals surface area contributed by atoms with Gasteiger partial charge in [0.25, 0.3) is 5.56 Å². The third kappa shape index (κ3) is 9.25. The second-order valence-corrected chi connectivity index (χ2v) is 16.6. The maximum Gasteiger partial charge on any atom is 0.530 e. The number of aromatic amines is 1. The maximum absolute atomic E-state index is 15.7. The van der Waals surface area contributed by atoms with E-state index in [1.54, 1.807) is 28.7 Å². The third-order valence-corrected chi connectivity index (χ3v) is 10.0. The molecule has 1 aromatic carbocycles. The zero-order valence-electron chi connectivity index (χ0n) is 28.0. The van der Waals surface area contributed by atoms with E-state index in [9.17, 15) is 18.9 Å². The van der Waals surface area contributed by atoms with Gasteiger partial charge in [-0.25, -0.2) is 13.8 Å². The number of nitrogens with zero attached hydrogens (tertiary/aromatic N) is 2. The highest BCUT2D eigenvalue weighted by molar-refractivity contribution is 14.1. The number of benzene rings is 1. The zero-order valence-corrected chi connectivity index (χ0v) is 31.0. The van der Waals surface area contributed by atoms with Crippen LogP contribution in [-0.2, 0) is 45.3 Å². The number of hydrogen-bond donors (Lipinski definition) is 3. The first kappa shape index (κ1) is 38.0. The molecule has 0 spiro atoms. The van der Waals surface area contributed by atoms with Crippen molar-refractivity contribution in [3.63, 3.8) is 0 Å². The van der Waals surface area contributed by atoms with Gasteiger partial charge in [0.2, 0.25) is 0 Å². The van der Waals surface area contributed by atoms with Gasteiger partial charge in [-0.2, -0.15) is 0 Å². The van der Waals surface area contributed by atoms with Crippen molar-refractivity contribution in [2.45, 2.75) is 110 Å². The Hall–Kier alpha value is -2.79. The van der Waals surface area contributed by atoms with Crippen LogP contribution >= 0.6 is 30.4 Å². The molecule has 0 bridgehead atoms. The number of phosphoric acid groups is 1. The predicted octanol–water partition coefficient (Wildman–Crippen LogP) is 4.64. The summed E-state index contributed by atoms with van der Waals surface area (Å²) in [6.07, 6.45) is 0.506. The number of rotatable bonds is 11. The average Bonchev–Trinajstić information content (AvgIpc) is 3.36. The molecule has 1 fully saturated rings. The number of carbonyl (C=O) groups is 1. The van der Waals surface area contributed by atoms with E-state index in [1.165, 1.54) is 10.8 Å². The molecule has 5 N–H and O–H groups in total. The van der Waals surface area contributed by atoms with Crippen molar-refractivity contribution in [2.24, 2.45) is 16.5 Å². The Morgan fingerprint density at radius 2 is 1.83 bits per heavy atom. The van der Waals surface area contributed by atoms with E-state index >= 15 is 4.39 Å². The summed E-state index contributed by atoms with van der Waals surface area (Å²) in [5.41, 5.74) is 9.65. The van der Waals surface area contributed by atoms with E-state index in [4.69, 9.17) is 34.5 Å². The first-order valence-corrected chi connectivity index (χ1v) is 18.2. The monoisotopic (exact) mass is 805 g/mol. The fraction of sp³-hybridized carbons (Fsp3) is 0.613. The lowest BCUT2D eigenvalue weighted by atomic mass is 9.78. The number of esters is 1. The van der Waals surface area contributed by atoms with Gasteiger partial charge in [0, 0.05) is 31.1 Å². The first-order chi connectivity index (χ1) is 22.3. The van der Waals surface area contributed by atoms with Gasteiger partial charge in [0.15, 0.2) is 5.96 Å². The summed E-state index contributed by atoms with van der Waals surface area (Å²) in [6, 6.07) is 1.73. The molecule has 48 heavy (non-hydrogen) atoms. The summed E-state index contributed by atoms with van der Waals surface area (Å²) in [4.78, 5) is 43.5. The number of nitrogens with two attached hydrogens (primary N) is 2. The van der Waals surface area contributed by atoms with Gasteiger partial charge in [-0.05, 0) is 57.9 Å². The van der Waals surface area contributed by atoms with Gasteiger partial charge in [-0.1, -0.05) is 48.0 Å². The van der Waals surface area contributed by atoms with E-state index in [0.29, 0.717) is 36.9 Å². The van der Waals surface area contributed by atoms with Crippen molar-refractivity contribution in [1.82, 2.24) is 9.55 Å². The number of unbranched alkanes of at least 4 members (excludes halogenated alkanes) is 2. The number of carbonyl (C=O) groups excluding carboxylic acids is 1. The van der Waals surface area contributed by atoms with Crippen molar-refractivity contribution in [1.29, 1.82) is 0 Å². The summed E-state index contributed by atoms with van der Waals surface area (Å²) < 4.78 is 59.9. The molecule has 1 saturated heterocycles. The summed E-state index contributed by atoms with van der Waals surface area (Å²) in [7, 11) is -4.32. The van der Waals surface area contributed by atoms with Crippen LogP contribution in [-0.4, -0.2) is 46.8 Å². The fourth-order valence-corrected chi connectivity index (χ4v) is 7.02. The normalized spacial score (nSPS) is 22.5. The molecule has 2 aliphatic heterocycles. The molecule has 1 aromatic heterocycles. The Bertz CT molecular complexity index is 1710. The highest BCUT2D eigenvalue weighted by atomic mass is 125. The Morgan fingerprint density at radius 3 is 2.48 bits per heavy atom.